The van der Waals surface area contributed by atoms with Crippen LogP contribution in [0.5, 0.6) is 0 Å². The van der Waals surface area contributed by atoms with Gasteiger partial charge in [-0.1, -0.05) is 0 Å². The molecule has 4 nitrogen and oxygen atoms in total. The molecule has 4 heteroatoms. The fourth-order valence-electron chi connectivity index (χ4n) is 1.02. The van der Waals surface area contributed by atoms with Crippen molar-refractivity contribution in [3.63, 3.8) is 0 Å². The molecule has 0 unspecified atom stereocenters. The smallest absolute Gasteiger partial charge is 0.311 e. The molecule has 0 saturated carbocycles. The third-order valence-corrected chi connectivity index (χ3v) is 1.88. The van der Waals surface area contributed by atoms with Crippen LogP contribution in [-0.4, -0.2) is 18.2 Å². The molecule has 0 aliphatic heterocycles. The lowest BCUT2D eigenvalue weighted by atomic mass is 10.0. The Morgan fingerprint density at radius 2 is 2.38 bits per heavy atom. The van der Waals surface area contributed by atoms with E-state index < -0.39 is 18.0 Å². The van der Waals surface area contributed by atoms with Crippen LogP contribution in [0, 0.1) is 5.92 Å². The summed E-state index contributed by atoms with van der Waals surface area (Å²) in [6.07, 6.45) is 0.505. The highest BCUT2D eigenvalue weighted by atomic mass is 16.5. The van der Waals surface area contributed by atoms with Crippen LogP contribution in [0.25, 0.3) is 0 Å². The average molecular weight is 184 g/mol. The van der Waals surface area contributed by atoms with Crippen LogP contribution in [0.4, 0.5) is 0 Å². The van der Waals surface area contributed by atoms with E-state index in [1.807, 2.05) is 0 Å². The van der Waals surface area contributed by atoms with Crippen LogP contribution >= 0.6 is 0 Å². The zero-order valence-corrected chi connectivity index (χ0v) is 7.56. The third kappa shape index (κ3) is 2.09. The molecule has 0 aromatic carbocycles. The van der Waals surface area contributed by atoms with Crippen LogP contribution in [0.3, 0.4) is 0 Å². The molecule has 0 fully saturated rings. The predicted octanol–water partition coefficient (Wildman–Crippen LogP) is 1.12. The first-order valence-corrected chi connectivity index (χ1v) is 3.96. The molecule has 1 heterocycles. The fourth-order valence-corrected chi connectivity index (χ4v) is 1.02. The SMILES string of the molecule is COC(=O)[C@@H](C)[C@@H](O)c1ccco1. The molecule has 0 radical (unpaired) electrons. The van der Waals surface area contributed by atoms with Gasteiger partial charge in [0.15, 0.2) is 0 Å². The summed E-state index contributed by atoms with van der Waals surface area (Å²) in [7, 11) is 1.29. The van der Waals surface area contributed by atoms with Crippen LogP contribution < -0.4 is 0 Å². The number of methoxy groups -OCH3 is 1. The zero-order valence-electron chi connectivity index (χ0n) is 7.56. The molecule has 0 bridgehead atoms. The highest BCUT2D eigenvalue weighted by molar-refractivity contribution is 5.72. The van der Waals surface area contributed by atoms with E-state index in [-0.39, 0.29) is 0 Å². The zero-order chi connectivity index (χ0) is 9.84. The number of esters is 1. The van der Waals surface area contributed by atoms with Crippen molar-refractivity contribution in [2.45, 2.75) is 13.0 Å². The van der Waals surface area contributed by atoms with Gasteiger partial charge in [0.25, 0.3) is 0 Å². The van der Waals surface area contributed by atoms with Crippen molar-refractivity contribution in [2.24, 2.45) is 5.92 Å². The topological polar surface area (TPSA) is 59.7 Å². The maximum atomic E-state index is 11.0. The molecule has 0 aliphatic rings. The Morgan fingerprint density at radius 1 is 1.69 bits per heavy atom. The van der Waals surface area contributed by atoms with Crippen molar-refractivity contribution in [3.05, 3.63) is 24.2 Å². The summed E-state index contributed by atoms with van der Waals surface area (Å²) in [6, 6.07) is 3.27. The summed E-state index contributed by atoms with van der Waals surface area (Å²) in [5.74, 6) is -0.696. The summed E-state index contributed by atoms with van der Waals surface area (Å²) < 4.78 is 9.44. The van der Waals surface area contributed by atoms with Crippen LogP contribution in [0.15, 0.2) is 22.8 Å². The number of ether oxygens (including phenoxy) is 1. The number of furan rings is 1. The Kier molecular flexibility index (Phi) is 3.08. The monoisotopic (exact) mass is 184 g/mol. The van der Waals surface area contributed by atoms with Gasteiger partial charge in [0.05, 0.1) is 19.3 Å². The van der Waals surface area contributed by atoms with Crippen LogP contribution in [-0.2, 0) is 9.53 Å². The van der Waals surface area contributed by atoms with E-state index in [2.05, 4.69) is 4.74 Å². The first kappa shape index (κ1) is 9.80. The van der Waals surface area contributed by atoms with Gasteiger partial charge in [-0.15, -0.1) is 0 Å². The second-order valence-corrected chi connectivity index (χ2v) is 2.77. The number of hydrogen-bond donors (Lipinski definition) is 1. The first-order valence-electron chi connectivity index (χ1n) is 3.96. The van der Waals surface area contributed by atoms with Crippen molar-refractivity contribution in [3.8, 4) is 0 Å². The summed E-state index contributed by atoms with van der Waals surface area (Å²) in [4.78, 5) is 11.0. The second kappa shape index (κ2) is 4.09. The van der Waals surface area contributed by atoms with E-state index in [9.17, 15) is 9.90 Å². The van der Waals surface area contributed by atoms with Crippen molar-refractivity contribution >= 4 is 5.97 Å². The second-order valence-electron chi connectivity index (χ2n) is 2.77. The minimum Gasteiger partial charge on any atom is -0.469 e. The molecule has 1 rings (SSSR count). The molecule has 0 aliphatic carbocycles. The number of carbonyl (C=O) groups is 1. The maximum Gasteiger partial charge on any atom is 0.311 e. The molecule has 13 heavy (non-hydrogen) atoms. The van der Waals surface area contributed by atoms with Gasteiger partial charge in [-0.3, -0.25) is 4.79 Å². The summed E-state index contributed by atoms with van der Waals surface area (Å²) in [5.41, 5.74) is 0. The Labute approximate surface area is 76.1 Å². The molecular formula is C9H12O4. The minimum absolute atomic E-state index is 0.373. The number of hydrogen-bond acceptors (Lipinski definition) is 4. The van der Waals surface area contributed by atoms with Gasteiger partial charge in [-0.25, -0.2) is 0 Å². The Morgan fingerprint density at radius 3 is 2.85 bits per heavy atom. The molecular weight excluding hydrogens is 172 g/mol. The van der Waals surface area contributed by atoms with Gasteiger partial charge in [-0.2, -0.15) is 0 Å². The lowest BCUT2D eigenvalue weighted by Gasteiger charge is -2.13. The third-order valence-electron chi connectivity index (χ3n) is 1.88. The molecule has 0 saturated heterocycles. The molecule has 1 N–H and O–H groups in total. The minimum atomic E-state index is -0.942. The van der Waals surface area contributed by atoms with Gasteiger partial charge in [0.1, 0.15) is 11.9 Å². The quantitative estimate of drug-likeness (QED) is 0.715. The summed E-state index contributed by atoms with van der Waals surface area (Å²) in [6.45, 7) is 1.58. The highest BCUT2D eigenvalue weighted by Crippen LogP contribution is 2.22. The van der Waals surface area contributed by atoms with Crippen LogP contribution in [0.2, 0.25) is 0 Å². The standard InChI is InChI=1S/C9H12O4/c1-6(9(11)12-2)8(10)7-4-3-5-13-7/h3-6,8,10H,1-2H3/t6-,8+/m0/s1. The van der Waals surface area contributed by atoms with E-state index in [1.54, 1.807) is 19.1 Å². The normalized spacial score (nSPS) is 15.0. The van der Waals surface area contributed by atoms with E-state index in [1.165, 1.54) is 13.4 Å². The highest BCUT2D eigenvalue weighted by Gasteiger charge is 2.25. The maximum absolute atomic E-state index is 11.0. The first-order chi connectivity index (χ1) is 6.16. The van der Waals surface area contributed by atoms with Gasteiger partial charge in [0.2, 0.25) is 0 Å². The summed E-state index contributed by atoms with van der Waals surface area (Å²) >= 11 is 0. The van der Waals surface area contributed by atoms with Crippen molar-refractivity contribution < 1.29 is 19.1 Å². The molecule has 0 amide bonds. The Bertz CT molecular complexity index is 265. The number of aliphatic hydroxyl groups excluding tert-OH is 1. The van der Waals surface area contributed by atoms with E-state index in [4.69, 9.17) is 4.42 Å². The Hall–Kier alpha value is -1.29. The number of rotatable bonds is 3. The van der Waals surface area contributed by atoms with Gasteiger partial charge < -0.3 is 14.3 Å². The molecule has 72 valence electrons. The lowest BCUT2D eigenvalue weighted by Crippen LogP contribution is -2.20. The number of aliphatic hydroxyl groups is 1. The molecule has 1 aromatic heterocycles. The molecule has 2 atom stereocenters. The van der Waals surface area contributed by atoms with E-state index in [0.29, 0.717) is 5.76 Å². The van der Waals surface area contributed by atoms with Crippen molar-refractivity contribution in [1.29, 1.82) is 0 Å². The molecule has 0 spiro atoms. The van der Waals surface area contributed by atoms with E-state index >= 15 is 0 Å². The lowest BCUT2D eigenvalue weighted by molar-refractivity contribution is -0.149. The predicted molar refractivity (Wildman–Crippen MR) is 44.8 cm³/mol. The Balaban J connectivity index is 2.68. The van der Waals surface area contributed by atoms with Gasteiger partial charge in [0, 0.05) is 0 Å². The van der Waals surface area contributed by atoms with E-state index in [0.717, 1.165) is 0 Å². The van der Waals surface area contributed by atoms with Crippen molar-refractivity contribution in [1.82, 2.24) is 0 Å². The van der Waals surface area contributed by atoms with Gasteiger partial charge in [-0.05, 0) is 19.1 Å². The fraction of sp³-hybridized carbons (Fsp3) is 0.444. The van der Waals surface area contributed by atoms with Gasteiger partial charge >= 0.3 is 5.97 Å². The summed E-state index contributed by atoms with van der Waals surface area (Å²) in [5, 5.41) is 9.58. The van der Waals surface area contributed by atoms with Crippen molar-refractivity contribution in [2.75, 3.05) is 7.11 Å². The van der Waals surface area contributed by atoms with Crippen LogP contribution in [0.1, 0.15) is 18.8 Å². The number of carbonyl (C=O) groups excluding carboxylic acids is 1. The largest absolute Gasteiger partial charge is 0.469 e. The average Bonchev–Trinajstić information content (AvgIpc) is 2.67. The molecule has 1 aromatic rings.